The van der Waals surface area contributed by atoms with Gasteiger partial charge in [-0.3, -0.25) is 4.79 Å². The van der Waals surface area contributed by atoms with Crippen molar-refractivity contribution in [2.24, 2.45) is 5.73 Å². The fourth-order valence-corrected chi connectivity index (χ4v) is 0.688. The number of hydrogen-bond donors (Lipinski definition) is 2. The Morgan fingerprint density at radius 3 is 2.82 bits per heavy atom. The second kappa shape index (κ2) is 5.75. The van der Waals surface area contributed by atoms with Crippen LogP contribution in [0.2, 0.25) is 0 Å². The summed E-state index contributed by atoms with van der Waals surface area (Å²) >= 11 is 0. The van der Waals surface area contributed by atoms with Crippen LogP contribution in [-0.2, 0) is 4.79 Å². The molecular formula is C8H14N2O. The summed E-state index contributed by atoms with van der Waals surface area (Å²) in [6, 6.07) is 0.119. The minimum atomic E-state index is -0.283. The predicted octanol–water partition coefficient (Wildman–Crippen LogP) is -0.137. The number of amides is 1. The molecule has 62 valence electrons. The molecule has 0 aromatic rings. The number of hydrogen-bond acceptors (Lipinski definition) is 2. The Kier molecular flexibility index (Phi) is 5.22. The molecule has 0 aliphatic rings. The molecule has 3 heteroatoms. The van der Waals surface area contributed by atoms with E-state index >= 15 is 0 Å². The Morgan fingerprint density at radius 2 is 2.36 bits per heavy atom. The molecule has 0 bridgehead atoms. The summed E-state index contributed by atoms with van der Waals surface area (Å²) in [5, 5.41) is 3.04. The van der Waals surface area contributed by atoms with Crippen molar-refractivity contribution in [2.45, 2.75) is 26.3 Å². The van der Waals surface area contributed by atoms with Crippen LogP contribution in [-0.4, -0.2) is 18.5 Å². The summed E-state index contributed by atoms with van der Waals surface area (Å²) in [5.41, 5.74) is 4.98. The van der Waals surface area contributed by atoms with Crippen molar-refractivity contribution in [3.05, 3.63) is 0 Å². The van der Waals surface area contributed by atoms with Gasteiger partial charge in [-0.05, 0) is 13.8 Å². The lowest BCUT2D eigenvalue weighted by Gasteiger charge is -2.07. The monoisotopic (exact) mass is 154 g/mol. The molecule has 3 N–H and O–H groups in total. The Bertz CT molecular complexity index is 178. The Hall–Kier alpha value is -1.01. The molecule has 0 rings (SSSR count). The Balaban J connectivity index is 3.41. The van der Waals surface area contributed by atoms with E-state index in [1.807, 2.05) is 6.92 Å². The fourth-order valence-electron chi connectivity index (χ4n) is 0.688. The molecule has 0 fully saturated rings. The second-order valence-corrected chi connectivity index (χ2v) is 2.38. The highest BCUT2D eigenvalue weighted by Gasteiger charge is 2.02. The van der Waals surface area contributed by atoms with E-state index in [2.05, 4.69) is 17.2 Å². The summed E-state index contributed by atoms with van der Waals surface area (Å²) < 4.78 is 0. The van der Waals surface area contributed by atoms with Gasteiger partial charge in [0.25, 0.3) is 0 Å². The summed E-state index contributed by atoms with van der Waals surface area (Å²) in [7, 11) is 0. The smallest absolute Gasteiger partial charge is 0.218 e. The van der Waals surface area contributed by atoms with Gasteiger partial charge in [-0.25, -0.2) is 0 Å². The van der Waals surface area contributed by atoms with Crippen LogP contribution in [0.4, 0.5) is 0 Å². The van der Waals surface area contributed by atoms with E-state index in [0.717, 1.165) is 0 Å². The molecule has 11 heavy (non-hydrogen) atoms. The van der Waals surface area contributed by atoms with E-state index in [4.69, 9.17) is 5.73 Å². The summed E-state index contributed by atoms with van der Waals surface area (Å²) in [5.74, 6) is 5.30. The lowest BCUT2D eigenvalue weighted by Crippen LogP contribution is -2.31. The van der Waals surface area contributed by atoms with Crippen molar-refractivity contribution in [2.75, 3.05) is 6.54 Å². The largest absolute Gasteiger partial charge is 0.370 e. The summed E-state index contributed by atoms with van der Waals surface area (Å²) in [4.78, 5) is 10.4. The third-order valence-electron chi connectivity index (χ3n) is 1.22. The van der Waals surface area contributed by atoms with Gasteiger partial charge in [0, 0.05) is 12.5 Å². The molecule has 3 nitrogen and oxygen atoms in total. The van der Waals surface area contributed by atoms with Crippen LogP contribution in [0.25, 0.3) is 0 Å². The van der Waals surface area contributed by atoms with Gasteiger partial charge in [0.05, 0.1) is 6.54 Å². The van der Waals surface area contributed by atoms with Crippen molar-refractivity contribution in [1.82, 2.24) is 5.32 Å². The first-order chi connectivity index (χ1) is 5.16. The highest BCUT2D eigenvalue weighted by Crippen LogP contribution is 1.86. The molecule has 0 saturated carbocycles. The summed E-state index contributed by atoms with van der Waals surface area (Å²) in [6.45, 7) is 4.30. The maximum Gasteiger partial charge on any atom is 0.218 e. The van der Waals surface area contributed by atoms with Gasteiger partial charge in [-0.1, -0.05) is 5.92 Å². The zero-order valence-electron chi connectivity index (χ0n) is 6.98. The molecule has 1 amide bonds. The van der Waals surface area contributed by atoms with Crippen LogP contribution in [0, 0.1) is 11.8 Å². The van der Waals surface area contributed by atoms with Crippen molar-refractivity contribution >= 4 is 5.91 Å². The first-order valence-corrected chi connectivity index (χ1v) is 3.58. The number of nitrogens with two attached hydrogens (primary N) is 1. The predicted molar refractivity (Wildman–Crippen MR) is 44.7 cm³/mol. The van der Waals surface area contributed by atoms with Crippen molar-refractivity contribution < 1.29 is 4.79 Å². The van der Waals surface area contributed by atoms with Crippen molar-refractivity contribution in [3.8, 4) is 11.8 Å². The molecule has 0 aromatic carbocycles. The third-order valence-corrected chi connectivity index (χ3v) is 1.22. The molecule has 0 heterocycles. The molecule has 0 spiro atoms. The van der Waals surface area contributed by atoms with Gasteiger partial charge in [0.1, 0.15) is 0 Å². The number of primary amides is 1. The lowest BCUT2D eigenvalue weighted by molar-refractivity contribution is -0.118. The standard InChI is InChI=1S/C8H14N2O/c1-3-4-5-10-7(2)6-8(9)11/h7,10H,5-6H2,1-2H3,(H2,9,11). The summed E-state index contributed by atoms with van der Waals surface area (Å²) in [6.07, 6.45) is 0.366. The van der Waals surface area contributed by atoms with Crippen LogP contribution >= 0.6 is 0 Å². The minimum Gasteiger partial charge on any atom is -0.370 e. The van der Waals surface area contributed by atoms with Crippen LogP contribution in [0.5, 0.6) is 0 Å². The van der Waals surface area contributed by atoms with Gasteiger partial charge >= 0.3 is 0 Å². The number of carbonyl (C=O) groups is 1. The molecular weight excluding hydrogens is 140 g/mol. The van der Waals surface area contributed by atoms with Crippen LogP contribution < -0.4 is 11.1 Å². The molecule has 1 atom stereocenters. The van der Waals surface area contributed by atoms with Crippen molar-refractivity contribution in [1.29, 1.82) is 0 Å². The van der Waals surface area contributed by atoms with Crippen LogP contribution in [0.1, 0.15) is 20.3 Å². The minimum absolute atomic E-state index is 0.119. The zero-order valence-corrected chi connectivity index (χ0v) is 6.98. The number of carbonyl (C=O) groups excluding carboxylic acids is 1. The van der Waals surface area contributed by atoms with E-state index in [9.17, 15) is 4.79 Å². The lowest BCUT2D eigenvalue weighted by atomic mass is 10.2. The number of nitrogens with one attached hydrogen (secondary N) is 1. The quantitative estimate of drug-likeness (QED) is 0.554. The van der Waals surface area contributed by atoms with E-state index < -0.39 is 0 Å². The first-order valence-electron chi connectivity index (χ1n) is 3.58. The first kappa shape index (κ1) is 9.99. The average molecular weight is 154 g/mol. The highest BCUT2D eigenvalue weighted by atomic mass is 16.1. The van der Waals surface area contributed by atoms with E-state index in [1.54, 1.807) is 6.92 Å². The molecule has 1 unspecified atom stereocenters. The van der Waals surface area contributed by atoms with Crippen molar-refractivity contribution in [3.63, 3.8) is 0 Å². The van der Waals surface area contributed by atoms with Crippen LogP contribution in [0.15, 0.2) is 0 Å². The molecule has 0 saturated heterocycles. The molecule has 0 aliphatic heterocycles. The fraction of sp³-hybridized carbons (Fsp3) is 0.625. The Labute approximate surface area is 67.3 Å². The second-order valence-electron chi connectivity index (χ2n) is 2.38. The molecule has 0 aliphatic carbocycles. The molecule has 0 radical (unpaired) electrons. The highest BCUT2D eigenvalue weighted by molar-refractivity contribution is 5.74. The zero-order chi connectivity index (χ0) is 8.69. The third kappa shape index (κ3) is 6.88. The molecule has 0 aromatic heterocycles. The van der Waals surface area contributed by atoms with E-state index in [-0.39, 0.29) is 11.9 Å². The number of rotatable bonds is 4. The van der Waals surface area contributed by atoms with Crippen LogP contribution in [0.3, 0.4) is 0 Å². The maximum absolute atomic E-state index is 10.4. The van der Waals surface area contributed by atoms with E-state index in [0.29, 0.717) is 13.0 Å². The normalized spacial score (nSPS) is 11.5. The van der Waals surface area contributed by atoms with E-state index in [1.165, 1.54) is 0 Å². The van der Waals surface area contributed by atoms with Gasteiger partial charge in [-0.2, -0.15) is 0 Å². The Morgan fingerprint density at radius 1 is 1.73 bits per heavy atom. The topological polar surface area (TPSA) is 55.1 Å². The van der Waals surface area contributed by atoms with Gasteiger partial charge in [0.2, 0.25) is 5.91 Å². The van der Waals surface area contributed by atoms with Gasteiger partial charge in [-0.15, -0.1) is 5.92 Å². The van der Waals surface area contributed by atoms with Gasteiger partial charge < -0.3 is 11.1 Å². The SMILES string of the molecule is CC#CCNC(C)CC(N)=O. The average Bonchev–Trinajstić information content (AvgIpc) is 1.86. The van der Waals surface area contributed by atoms with Gasteiger partial charge in [0.15, 0.2) is 0 Å². The maximum atomic E-state index is 10.4.